The van der Waals surface area contributed by atoms with Gasteiger partial charge in [-0.25, -0.2) is 0 Å². The van der Waals surface area contributed by atoms with Crippen LogP contribution in [0.3, 0.4) is 0 Å². The lowest BCUT2D eigenvalue weighted by atomic mass is 9.85. The van der Waals surface area contributed by atoms with Crippen LogP contribution >= 0.6 is 0 Å². The minimum Gasteiger partial charge on any atom is -0.468 e. The summed E-state index contributed by atoms with van der Waals surface area (Å²) in [7, 11) is 1.25. The van der Waals surface area contributed by atoms with E-state index in [2.05, 4.69) is 4.74 Å². The smallest absolute Gasteiger partial charge is 0.322 e. The lowest BCUT2D eigenvalue weighted by Crippen LogP contribution is -2.42. The van der Waals surface area contributed by atoms with Crippen LogP contribution in [0, 0.1) is 11.8 Å². The van der Waals surface area contributed by atoms with Crippen LogP contribution in [0.5, 0.6) is 0 Å². The number of hydrogen-bond donors (Lipinski definition) is 1. The highest BCUT2D eigenvalue weighted by Crippen LogP contribution is 2.17. The van der Waals surface area contributed by atoms with E-state index in [0.717, 1.165) is 0 Å². The predicted octanol–water partition coefficient (Wildman–Crippen LogP) is 0.307. The van der Waals surface area contributed by atoms with Gasteiger partial charge in [0.15, 0.2) is 0 Å². The third-order valence-corrected chi connectivity index (χ3v) is 2.76. The van der Waals surface area contributed by atoms with Crippen LogP contribution in [0.2, 0.25) is 0 Å². The molecule has 0 aliphatic heterocycles. The monoisotopic (exact) mass is 229 g/mol. The van der Waals surface area contributed by atoms with Gasteiger partial charge in [0.25, 0.3) is 0 Å². The normalized spacial score (nSPS) is 16.1. The first-order valence-corrected chi connectivity index (χ1v) is 5.16. The fourth-order valence-electron chi connectivity index (χ4n) is 1.36. The summed E-state index contributed by atoms with van der Waals surface area (Å²) in [6.07, 6.45) is -0.112. The lowest BCUT2D eigenvalue weighted by Gasteiger charge is -2.22. The number of ketones is 2. The van der Waals surface area contributed by atoms with Gasteiger partial charge >= 0.3 is 5.97 Å². The Labute approximate surface area is 95.3 Å². The van der Waals surface area contributed by atoms with Gasteiger partial charge in [-0.15, -0.1) is 0 Å². The fraction of sp³-hybridized carbons (Fsp3) is 0.727. The summed E-state index contributed by atoms with van der Waals surface area (Å²) in [5, 5.41) is 0. The Morgan fingerprint density at radius 2 is 1.75 bits per heavy atom. The average Bonchev–Trinajstić information content (AvgIpc) is 2.23. The number of carbonyl (C=O) groups is 3. The molecule has 0 aromatic heterocycles. The van der Waals surface area contributed by atoms with Crippen molar-refractivity contribution in [3.05, 3.63) is 0 Å². The first kappa shape index (κ1) is 14.8. The molecule has 0 aromatic carbocycles. The van der Waals surface area contributed by atoms with Crippen molar-refractivity contribution in [2.24, 2.45) is 17.6 Å². The van der Waals surface area contributed by atoms with E-state index in [4.69, 9.17) is 5.73 Å². The molecule has 3 atom stereocenters. The van der Waals surface area contributed by atoms with Crippen molar-refractivity contribution in [1.29, 1.82) is 0 Å². The molecule has 0 spiro atoms. The molecule has 0 radical (unpaired) electrons. The second-order valence-corrected chi connectivity index (χ2v) is 4.04. The summed E-state index contributed by atoms with van der Waals surface area (Å²) >= 11 is 0. The van der Waals surface area contributed by atoms with Crippen LogP contribution in [0.25, 0.3) is 0 Å². The third kappa shape index (κ3) is 4.10. The van der Waals surface area contributed by atoms with Gasteiger partial charge in [0.2, 0.25) is 0 Å². The Kier molecular flexibility index (Phi) is 5.88. The lowest BCUT2D eigenvalue weighted by molar-refractivity contribution is -0.144. The van der Waals surface area contributed by atoms with E-state index >= 15 is 0 Å². The maximum atomic E-state index is 11.6. The molecule has 2 N–H and O–H groups in total. The molecule has 0 aromatic rings. The molecule has 0 aliphatic rings. The quantitative estimate of drug-likeness (QED) is 0.523. The van der Waals surface area contributed by atoms with E-state index in [9.17, 15) is 14.4 Å². The first-order chi connectivity index (χ1) is 7.31. The van der Waals surface area contributed by atoms with Crippen molar-refractivity contribution < 1.29 is 19.1 Å². The zero-order chi connectivity index (χ0) is 12.9. The van der Waals surface area contributed by atoms with Crippen molar-refractivity contribution >= 4 is 17.5 Å². The SMILES string of the molecule is COC(=O)[C@@H](N)[C@@H](C)C(C)C(=O)CC(C)=O. The Bertz CT molecular complexity index is 288. The highest BCUT2D eigenvalue weighted by atomic mass is 16.5. The van der Waals surface area contributed by atoms with Crippen LogP contribution < -0.4 is 5.73 Å². The maximum Gasteiger partial charge on any atom is 0.322 e. The number of ether oxygens (including phenoxy) is 1. The second kappa shape index (κ2) is 6.37. The van der Waals surface area contributed by atoms with Gasteiger partial charge in [0, 0.05) is 5.92 Å². The molecule has 0 amide bonds. The number of carbonyl (C=O) groups excluding carboxylic acids is 3. The summed E-state index contributed by atoms with van der Waals surface area (Å²) in [6.45, 7) is 4.72. The van der Waals surface area contributed by atoms with Gasteiger partial charge in [0.05, 0.1) is 13.5 Å². The zero-order valence-corrected chi connectivity index (χ0v) is 10.1. The van der Waals surface area contributed by atoms with Gasteiger partial charge in [-0.05, 0) is 12.8 Å². The van der Waals surface area contributed by atoms with Gasteiger partial charge in [-0.3, -0.25) is 14.4 Å². The van der Waals surface area contributed by atoms with E-state index in [1.54, 1.807) is 13.8 Å². The maximum absolute atomic E-state index is 11.6. The summed E-state index contributed by atoms with van der Waals surface area (Å²) in [5.74, 6) is -1.71. The fourth-order valence-corrected chi connectivity index (χ4v) is 1.36. The van der Waals surface area contributed by atoms with Crippen LogP contribution in [0.4, 0.5) is 0 Å². The third-order valence-electron chi connectivity index (χ3n) is 2.76. The Morgan fingerprint density at radius 1 is 1.25 bits per heavy atom. The Balaban J connectivity index is 4.48. The molecule has 0 rings (SSSR count). The highest BCUT2D eigenvalue weighted by molar-refractivity contribution is 5.99. The van der Waals surface area contributed by atoms with E-state index in [-0.39, 0.29) is 23.9 Å². The molecule has 1 unspecified atom stereocenters. The topological polar surface area (TPSA) is 86.5 Å². The molecule has 0 bridgehead atoms. The van der Waals surface area contributed by atoms with Crippen LogP contribution in [0.15, 0.2) is 0 Å². The number of nitrogens with two attached hydrogens (primary N) is 1. The Hall–Kier alpha value is -1.23. The van der Waals surface area contributed by atoms with Gasteiger partial charge in [-0.1, -0.05) is 13.8 Å². The molecule has 0 fully saturated rings. The standard InChI is InChI=1S/C11H19NO4/c1-6(13)5-9(14)7(2)8(3)10(12)11(15)16-4/h7-8,10H,5,12H2,1-4H3/t7?,8-,10-/m0/s1. The molecule has 0 aliphatic carbocycles. The number of methoxy groups -OCH3 is 1. The van der Waals surface area contributed by atoms with Gasteiger partial charge in [-0.2, -0.15) is 0 Å². The van der Waals surface area contributed by atoms with Crippen LogP contribution in [-0.4, -0.2) is 30.7 Å². The summed E-state index contributed by atoms with van der Waals surface area (Å²) in [5.41, 5.74) is 5.63. The van der Waals surface area contributed by atoms with Crippen molar-refractivity contribution in [1.82, 2.24) is 0 Å². The van der Waals surface area contributed by atoms with Gasteiger partial charge in [0.1, 0.15) is 17.6 Å². The molecule has 5 nitrogen and oxygen atoms in total. The zero-order valence-electron chi connectivity index (χ0n) is 10.1. The summed E-state index contributed by atoms with van der Waals surface area (Å²) in [6, 6.07) is -0.837. The molecule has 92 valence electrons. The highest BCUT2D eigenvalue weighted by Gasteiger charge is 2.30. The minimum atomic E-state index is -0.837. The van der Waals surface area contributed by atoms with Crippen molar-refractivity contribution in [2.45, 2.75) is 33.2 Å². The molecule has 0 heterocycles. The molecule has 5 heteroatoms. The van der Waals surface area contributed by atoms with E-state index < -0.39 is 17.9 Å². The number of Topliss-reactive ketones (excluding diaryl/α,β-unsaturated/α-hetero) is 2. The molecular formula is C11H19NO4. The van der Waals surface area contributed by atoms with E-state index in [0.29, 0.717) is 0 Å². The molecule has 0 saturated carbocycles. The van der Waals surface area contributed by atoms with Crippen molar-refractivity contribution in [3.63, 3.8) is 0 Å². The molecular weight excluding hydrogens is 210 g/mol. The average molecular weight is 229 g/mol. The van der Waals surface area contributed by atoms with Crippen molar-refractivity contribution in [2.75, 3.05) is 7.11 Å². The molecule has 16 heavy (non-hydrogen) atoms. The number of esters is 1. The first-order valence-electron chi connectivity index (χ1n) is 5.16. The number of rotatable bonds is 6. The largest absolute Gasteiger partial charge is 0.468 e. The van der Waals surface area contributed by atoms with Crippen molar-refractivity contribution in [3.8, 4) is 0 Å². The Morgan fingerprint density at radius 3 is 2.12 bits per heavy atom. The van der Waals surface area contributed by atoms with E-state index in [1.165, 1.54) is 14.0 Å². The van der Waals surface area contributed by atoms with E-state index in [1.807, 2.05) is 0 Å². The predicted molar refractivity (Wildman–Crippen MR) is 58.6 cm³/mol. The van der Waals surface area contributed by atoms with Gasteiger partial charge < -0.3 is 10.5 Å². The summed E-state index contributed by atoms with van der Waals surface area (Å²) < 4.78 is 4.50. The number of hydrogen-bond acceptors (Lipinski definition) is 5. The second-order valence-electron chi connectivity index (χ2n) is 4.04. The van der Waals surface area contributed by atoms with Crippen LogP contribution in [-0.2, 0) is 19.1 Å². The van der Waals surface area contributed by atoms with Crippen LogP contribution in [0.1, 0.15) is 27.2 Å². The minimum absolute atomic E-state index is 0.112. The summed E-state index contributed by atoms with van der Waals surface area (Å²) in [4.78, 5) is 33.6. The molecule has 0 saturated heterocycles.